The van der Waals surface area contributed by atoms with Crippen molar-refractivity contribution in [2.75, 3.05) is 26.4 Å². The van der Waals surface area contributed by atoms with Gasteiger partial charge in [0.15, 0.2) is 5.78 Å². The summed E-state index contributed by atoms with van der Waals surface area (Å²) in [5.74, 6) is 0.272. The van der Waals surface area contributed by atoms with Crippen molar-refractivity contribution in [1.29, 1.82) is 0 Å². The Morgan fingerprint density at radius 1 is 1.44 bits per heavy atom. The minimum Gasteiger partial charge on any atom is -0.381 e. The van der Waals surface area contributed by atoms with Gasteiger partial charge in [0.1, 0.15) is 6.61 Å². The summed E-state index contributed by atoms with van der Waals surface area (Å²) in [6.07, 6.45) is 0.996. The van der Waals surface area contributed by atoms with E-state index < -0.39 is 0 Å². The molecule has 1 atom stereocenters. The smallest absolute Gasteiger partial charge is 0.189 e. The molecule has 0 bridgehead atoms. The summed E-state index contributed by atoms with van der Waals surface area (Å²) in [6, 6.07) is 4.82. The zero-order valence-corrected chi connectivity index (χ0v) is 11.3. The molecule has 0 aromatic heterocycles. The predicted molar refractivity (Wildman–Crippen MR) is 70.5 cm³/mol. The first-order valence-electron chi connectivity index (χ1n) is 5.80. The average Bonchev–Trinajstić information content (AvgIpc) is 2.81. The lowest BCUT2D eigenvalue weighted by molar-refractivity contribution is 0.0652. The van der Waals surface area contributed by atoms with Gasteiger partial charge >= 0.3 is 0 Å². The molecular weight excluding hydrogens is 275 g/mol. The Kier molecular flexibility index (Phi) is 5.01. The predicted octanol–water partition coefficient (Wildman–Crippen LogP) is 3.23. The molecule has 18 heavy (non-hydrogen) atoms. The molecule has 1 fully saturated rings. The molecule has 1 aromatic carbocycles. The largest absolute Gasteiger partial charge is 0.381 e. The Labute approximate surface area is 116 Å². The second-order valence-corrected chi connectivity index (χ2v) is 5.14. The summed E-state index contributed by atoms with van der Waals surface area (Å²) < 4.78 is 10.6. The summed E-state index contributed by atoms with van der Waals surface area (Å²) in [5.41, 5.74) is 0.448. The Balaban J connectivity index is 1.83. The summed E-state index contributed by atoms with van der Waals surface area (Å²) in [5, 5.41) is 0.876. The van der Waals surface area contributed by atoms with E-state index in [1.54, 1.807) is 18.2 Å². The highest BCUT2D eigenvalue weighted by atomic mass is 35.5. The van der Waals surface area contributed by atoms with Gasteiger partial charge in [-0.1, -0.05) is 23.2 Å². The van der Waals surface area contributed by atoms with E-state index in [9.17, 15) is 4.79 Å². The molecule has 3 nitrogen and oxygen atoms in total. The molecule has 2 rings (SSSR count). The van der Waals surface area contributed by atoms with E-state index in [-0.39, 0.29) is 12.4 Å². The van der Waals surface area contributed by atoms with Crippen LogP contribution in [0.1, 0.15) is 16.8 Å². The third-order valence-electron chi connectivity index (χ3n) is 2.84. The number of rotatable bonds is 5. The molecule has 0 N–H and O–H groups in total. The van der Waals surface area contributed by atoms with Crippen LogP contribution in [0, 0.1) is 5.92 Å². The second kappa shape index (κ2) is 6.53. The van der Waals surface area contributed by atoms with Crippen molar-refractivity contribution < 1.29 is 14.3 Å². The first kappa shape index (κ1) is 13.8. The Hall–Kier alpha value is -0.610. The molecule has 1 unspecified atom stereocenters. The molecule has 1 aliphatic heterocycles. The van der Waals surface area contributed by atoms with Crippen LogP contribution in [0.25, 0.3) is 0 Å². The lowest BCUT2D eigenvalue weighted by Gasteiger charge is -2.08. The van der Waals surface area contributed by atoms with E-state index in [2.05, 4.69) is 0 Å². The van der Waals surface area contributed by atoms with E-state index in [0.29, 0.717) is 28.1 Å². The second-order valence-electron chi connectivity index (χ2n) is 4.29. The van der Waals surface area contributed by atoms with Crippen molar-refractivity contribution in [3.05, 3.63) is 33.8 Å². The van der Waals surface area contributed by atoms with E-state index in [1.807, 2.05) is 0 Å². The molecule has 0 amide bonds. The standard InChI is InChI=1S/C13H14Cl2O3/c14-10-1-2-11(12(15)5-10)13(16)8-18-7-9-3-4-17-6-9/h1-2,5,9H,3-4,6-8H2. The maximum Gasteiger partial charge on any atom is 0.189 e. The normalized spacial score (nSPS) is 19.1. The number of ether oxygens (including phenoxy) is 2. The SMILES string of the molecule is O=C(COCC1CCOC1)c1ccc(Cl)cc1Cl. The number of Topliss-reactive ketones (excluding diaryl/α,β-unsaturated/α-hetero) is 1. The molecule has 0 spiro atoms. The lowest BCUT2D eigenvalue weighted by atomic mass is 10.1. The fourth-order valence-electron chi connectivity index (χ4n) is 1.83. The molecule has 1 aromatic rings. The molecule has 1 aliphatic rings. The minimum absolute atomic E-state index is 0.0395. The van der Waals surface area contributed by atoms with Crippen LogP contribution in [0.15, 0.2) is 18.2 Å². The van der Waals surface area contributed by atoms with Gasteiger partial charge in [0.2, 0.25) is 0 Å². The molecule has 1 heterocycles. The monoisotopic (exact) mass is 288 g/mol. The van der Waals surface area contributed by atoms with Crippen molar-refractivity contribution in [3.63, 3.8) is 0 Å². The highest BCUT2D eigenvalue weighted by molar-refractivity contribution is 6.36. The fraction of sp³-hybridized carbons (Fsp3) is 0.462. The highest BCUT2D eigenvalue weighted by Crippen LogP contribution is 2.21. The first-order valence-corrected chi connectivity index (χ1v) is 6.56. The summed E-state index contributed by atoms with van der Waals surface area (Å²) in [4.78, 5) is 11.9. The number of hydrogen-bond acceptors (Lipinski definition) is 3. The zero-order valence-electron chi connectivity index (χ0n) is 9.83. The van der Waals surface area contributed by atoms with Crippen molar-refractivity contribution in [2.45, 2.75) is 6.42 Å². The summed E-state index contributed by atoms with van der Waals surface area (Å²) >= 11 is 11.7. The molecule has 98 valence electrons. The van der Waals surface area contributed by atoms with E-state index in [0.717, 1.165) is 19.6 Å². The third kappa shape index (κ3) is 3.69. The van der Waals surface area contributed by atoms with Crippen LogP contribution in [-0.2, 0) is 9.47 Å². The van der Waals surface area contributed by atoms with E-state index in [1.165, 1.54) is 0 Å². The fourth-order valence-corrected chi connectivity index (χ4v) is 2.34. The topological polar surface area (TPSA) is 35.5 Å². The molecule has 0 radical (unpaired) electrons. The van der Waals surface area contributed by atoms with E-state index in [4.69, 9.17) is 32.7 Å². The molecule has 0 aliphatic carbocycles. The molecular formula is C13H14Cl2O3. The quantitative estimate of drug-likeness (QED) is 0.781. The number of hydrogen-bond donors (Lipinski definition) is 0. The van der Waals surface area contributed by atoms with Crippen molar-refractivity contribution in [1.82, 2.24) is 0 Å². The molecule has 0 saturated carbocycles. The minimum atomic E-state index is -0.129. The van der Waals surface area contributed by atoms with Crippen LogP contribution in [-0.4, -0.2) is 32.2 Å². The van der Waals surface area contributed by atoms with Gasteiger partial charge in [0.25, 0.3) is 0 Å². The van der Waals surface area contributed by atoms with Gasteiger partial charge in [-0.05, 0) is 24.6 Å². The maximum atomic E-state index is 11.9. The first-order chi connectivity index (χ1) is 8.66. The number of carbonyl (C=O) groups is 1. The van der Waals surface area contributed by atoms with Gasteiger partial charge in [-0.2, -0.15) is 0 Å². The van der Waals surface area contributed by atoms with Gasteiger partial charge in [0.05, 0.1) is 18.2 Å². The highest BCUT2D eigenvalue weighted by Gasteiger charge is 2.17. The van der Waals surface area contributed by atoms with Crippen LogP contribution < -0.4 is 0 Å². The van der Waals surface area contributed by atoms with Crippen LogP contribution in [0.5, 0.6) is 0 Å². The Morgan fingerprint density at radius 2 is 2.28 bits per heavy atom. The third-order valence-corrected chi connectivity index (χ3v) is 3.39. The van der Waals surface area contributed by atoms with Crippen LogP contribution in [0.3, 0.4) is 0 Å². The van der Waals surface area contributed by atoms with Gasteiger partial charge in [-0.3, -0.25) is 4.79 Å². The van der Waals surface area contributed by atoms with E-state index >= 15 is 0 Å². The summed E-state index contributed by atoms with van der Waals surface area (Å²) in [6.45, 7) is 2.09. The van der Waals surface area contributed by atoms with Crippen LogP contribution >= 0.6 is 23.2 Å². The van der Waals surface area contributed by atoms with Crippen molar-refractivity contribution >= 4 is 29.0 Å². The van der Waals surface area contributed by atoms with Crippen LogP contribution in [0.4, 0.5) is 0 Å². The van der Waals surface area contributed by atoms with Gasteiger partial charge in [0, 0.05) is 23.1 Å². The van der Waals surface area contributed by atoms with Gasteiger partial charge < -0.3 is 9.47 Å². The number of ketones is 1. The van der Waals surface area contributed by atoms with Gasteiger partial charge in [-0.25, -0.2) is 0 Å². The number of benzene rings is 1. The van der Waals surface area contributed by atoms with Crippen molar-refractivity contribution in [2.24, 2.45) is 5.92 Å². The van der Waals surface area contributed by atoms with Crippen molar-refractivity contribution in [3.8, 4) is 0 Å². The van der Waals surface area contributed by atoms with Crippen LogP contribution in [0.2, 0.25) is 10.0 Å². The lowest BCUT2D eigenvalue weighted by Crippen LogP contribution is -2.15. The van der Waals surface area contributed by atoms with Gasteiger partial charge in [-0.15, -0.1) is 0 Å². The molecule has 1 saturated heterocycles. The number of halogens is 2. The Bertz CT molecular complexity index is 428. The molecule has 5 heteroatoms. The zero-order chi connectivity index (χ0) is 13.0. The Morgan fingerprint density at radius 3 is 2.94 bits per heavy atom. The number of carbonyl (C=O) groups excluding carboxylic acids is 1. The summed E-state index contributed by atoms with van der Waals surface area (Å²) in [7, 11) is 0. The average molecular weight is 289 g/mol. The maximum absolute atomic E-state index is 11.9.